The molecule has 2 amide bonds. The molecule has 124 valence electrons. The van der Waals surface area contributed by atoms with E-state index in [1.54, 1.807) is 11.1 Å². The fourth-order valence-corrected chi connectivity index (χ4v) is 2.81. The van der Waals surface area contributed by atoms with Crippen molar-refractivity contribution in [3.63, 3.8) is 0 Å². The predicted octanol–water partition coefficient (Wildman–Crippen LogP) is 1.90. The molecule has 23 heavy (non-hydrogen) atoms. The largest absolute Gasteiger partial charge is 0.355 e. The number of carbonyl (C=O) groups excluding carboxylic acids is 2. The van der Waals surface area contributed by atoms with Gasteiger partial charge in [-0.15, -0.1) is 0 Å². The molecule has 1 fully saturated rings. The maximum absolute atomic E-state index is 12.4. The van der Waals surface area contributed by atoms with Gasteiger partial charge < -0.3 is 10.2 Å². The van der Waals surface area contributed by atoms with Crippen LogP contribution in [-0.4, -0.2) is 41.3 Å². The van der Waals surface area contributed by atoms with E-state index in [0.717, 1.165) is 5.56 Å². The number of likely N-dealkylation sites (tertiary alicyclic amines) is 1. The van der Waals surface area contributed by atoms with Gasteiger partial charge in [-0.2, -0.15) is 0 Å². The van der Waals surface area contributed by atoms with Gasteiger partial charge in [-0.1, -0.05) is 26.5 Å². The highest BCUT2D eigenvalue weighted by Crippen LogP contribution is 2.22. The molecule has 0 spiro atoms. The van der Waals surface area contributed by atoms with Crippen molar-refractivity contribution in [2.75, 3.05) is 19.6 Å². The van der Waals surface area contributed by atoms with Crippen molar-refractivity contribution in [1.82, 2.24) is 15.2 Å². The molecule has 1 aliphatic rings. The zero-order chi connectivity index (χ0) is 16.9. The number of carbonyl (C=O) groups is 2. The van der Waals surface area contributed by atoms with Gasteiger partial charge in [-0.05, 0) is 30.5 Å². The number of nitrogens with zero attached hydrogens (tertiary/aromatic N) is 2. The zero-order valence-corrected chi connectivity index (χ0v) is 13.9. The predicted molar refractivity (Wildman–Crippen MR) is 89.8 cm³/mol. The van der Waals surface area contributed by atoms with Crippen LogP contribution in [-0.2, 0) is 15.0 Å². The van der Waals surface area contributed by atoms with Crippen LogP contribution in [0.2, 0.25) is 0 Å². The SMILES string of the molecule is C=CC(=O)N1CCC(C(=O)NCC(C)(C)c2cccnc2)CC1. The standard InChI is InChI=1S/C18H25N3O2/c1-4-16(22)21-10-7-14(8-11-21)17(23)20-13-18(2,3)15-6-5-9-19-12-15/h4-6,9,12,14H,1,7-8,10-11,13H2,2-3H3,(H,20,23). The van der Waals surface area contributed by atoms with Crippen LogP contribution in [0.3, 0.4) is 0 Å². The van der Waals surface area contributed by atoms with Gasteiger partial charge in [-0.3, -0.25) is 14.6 Å². The Bertz CT molecular complexity index is 561. The quantitative estimate of drug-likeness (QED) is 0.844. The summed E-state index contributed by atoms with van der Waals surface area (Å²) in [5.74, 6) is 0.00259. The first-order valence-corrected chi connectivity index (χ1v) is 8.03. The van der Waals surface area contributed by atoms with Crippen LogP contribution < -0.4 is 5.32 Å². The Kier molecular flexibility index (Phi) is 5.53. The molecule has 1 aromatic heterocycles. The van der Waals surface area contributed by atoms with E-state index in [1.807, 2.05) is 18.3 Å². The van der Waals surface area contributed by atoms with Crippen LogP contribution in [0.1, 0.15) is 32.3 Å². The lowest BCUT2D eigenvalue weighted by Crippen LogP contribution is -2.45. The first-order valence-electron chi connectivity index (χ1n) is 8.03. The van der Waals surface area contributed by atoms with Gasteiger partial charge in [0.2, 0.25) is 11.8 Å². The molecule has 0 aromatic carbocycles. The fourth-order valence-electron chi connectivity index (χ4n) is 2.81. The van der Waals surface area contributed by atoms with Crippen LogP contribution in [0, 0.1) is 5.92 Å². The number of nitrogens with one attached hydrogen (secondary N) is 1. The highest BCUT2D eigenvalue weighted by molar-refractivity contribution is 5.87. The molecule has 1 saturated heterocycles. The minimum absolute atomic E-state index is 0.0198. The van der Waals surface area contributed by atoms with Gasteiger partial charge in [0, 0.05) is 43.4 Å². The monoisotopic (exact) mass is 315 g/mol. The third-order valence-corrected chi connectivity index (χ3v) is 4.50. The second kappa shape index (κ2) is 7.40. The van der Waals surface area contributed by atoms with Crippen LogP contribution in [0.15, 0.2) is 37.2 Å². The number of aromatic nitrogens is 1. The van der Waals surface area contributed by atoms with E-state index in [2.05, 4.69) is 30.7 Å². The molecule has 0 bridgehead atoms. The van der Waals surface area contributed by atoms with Crippen molar-refractivity contribution in [1.29, 1.82) is 0 Å². The number of rotatable bonds is 5. The van der Waals surface area contributed by atoms with E-state index in [9.17, 15) is 9.59 Å². The van der Waals surface area contributed by atoms with E-state index in [-0.39, 0.29) is 23.1 Å². The van der Waals surface area contributed by atoms with Crippen LogP contribution >= 0.6 is 0 Å². The number of piperidine rings is 1. The van der Waals surface area contributed by atoms with Crippen molar-refractivity contribution < 1.29 is 9.59 Å². The summed E-state index contributed by atoms with van der Waals surface area (Å²) in [5, 5.41) is 3.06. The van der Waals surface area contributed by atoms with E-state index in [1.165, 1.54) is 6.08 Å². The second-order valence-corrected chi connectivity index (χ2v) is 6.65. The number of hydrogen-bond donors (Lipinski definition) is 1. The van der Waals surface area contributed by atoms with Gasteiger partial charge in [-0.25, -0.2) is 0 Å². The molecule has 2 heterocycles. The Morgan fingerprint density at radius 3 is 2.70 bits per heavy atom. The molecule has 0 radical (unpaired) electrons. The first kappa shape index (κ1) is 17.2. The molecule has 5 heteroatoms. The maximum Gasteiger partial charge on any atom is 0.245 e. The van der Waals surface area contributed by atoms with E-state index in [4.69, 9.17) is 0 Å². The maximum atomic E-state index is 12.4. The zero-order valence-electron chi connectivity index (χ0n) is 13.9. The lowest BCUT2D eigenvalue weighted by molar-refractivity contribution is -0.132. The molecule has 0 atom stereocenters. The van der Waals surface area contributed by atoms with E-state index >= 15 is 0 Å². The van der Waals surface area contributed by atoms with Gasteiger partial charge in [0.05, 0.1) is 0 Å². The Balaban J connectivity index is 1.84. The molecule has 5 nitrogen and oxygen atoms in total. The summed E-state index contributed by atoms with van der Waals surface area (Å²) in [5.41, 5.74) is 0.940. The number of hydrogen-bond acceptors (Lipinski definition) is 3. The van der Waals surface area contributed by atoms with Crippen molar-refractivity contribution in [3.8, 4) is 0 Å². The third kappa shape index (κ3) is 4.41. The molecule has 0 saturated carbocycles. The summed E-state index contributed by atoms with van der Waals surface area (Å²) in [6, 6.07) is 3.93. The van der Waals surface area contributed by atoms with Gasteiger partial charge in [0.15, 0.2) is 0 Å². The molecule has 0 aliphatic carbocycles. The summed E-state index contributed by atoms with van der Waals surface area (Å²) in [6.45, 7) is 9.50. The lowest BCUT2D eigenvalue weighted by Gasteiger charge is -2.32. The first-order chi connectivity index (χ1) is 10.9. The number of pyridine rings is 1. The molecule has 1 aromatic rings. The normalized spacial score (nSPS) is 16.0. The van der Waals surface area contributed by atoms with Crippen molar-refractivity contribution in [2.45, 2.75) is 32.1 Å². The Morgan fingerprint density at radius 2 is 2.13 bits per heavy atom. The summed E-state index contributed by atoms with van der Waals surface area (Å²) in [4.78, 5) is 29.8. The van der Waals surface area contributed by atoms with E-state index < -0.39 is 0 Å². The summed E-state index contributed by atoms with van der Waals surface area (Å²) < 4.78 is 0. The van der Waals surface area contributed by atoms with Crippen molar-refractivity contribution in [3.05, 3.63) is 42.7 Å². The Morgan fingerprint density at radius 1 is 1.43 bits per heavy atom. The third-order valence-electron chi connectivity index (χ3n) is 4.50. The minimum Gasteiger partial charge on any atom is -0.355 e. The molecule has 0 unspecified atom stereocenters. The average molecular weight is 315 g/mol. The summed E-state index contributed by atoms with van der Waals surface area (Å²) >= 11 is 0. The molecular formula is C18H25N3O2. The Labute approximate surface area is 137 Å². The highest BCUT2D eigenvalue weighted by atomic mass is 16.2. The van der Waals surface area contributed by atoms with Gasteiger partial charge in [0.25, 0.3) is 0 Å². The second-order valence-electron chi connectivity index (χ2n) is 6.65. The number of amides is 2. The van der Waals surface area contributed by atoms with Crippen LogP contribution in [0.5, 0.6) is 0 Å². The molecule has 2 rings (SSSR count). The van der Waals surface area contributed by atoms with Crippen molar-refractivity contribution in [2.24, 2.45) is 5.92 Å². The van der Waals surface area contributed by atoms with Crippen molar-refractivity contribution >= 4 is 11.8 Å². The topological polar surface area (TPSA) is 62.3 Å². The van der Waals surface area contributed by atoms with Crippen LogP contribution in [0.25, 0.3) is 0 Å². The lowest BCUT2D eigenvalue weighted by atomic mass is 9.85. The summed E-state index contributed by atoms with van der Waals surface area (Å²) in [7, 11) is 0. The Hall–Kier alpha value is -2.17. The fraction of sp³-hybridized carbons (Fsp3) is 0.500. The van der Waals surface area contributed by atoms with Crippen LogP contribution in [0.4, 0.5) is 0 Å². The van der Waals surface area contributed by atoms with E-state index in [0.29, 0.717) is 32.5 Å². The highest BCUT2D eigenvalue weighted by Gasteiger charge is 2.28. The molecule has 1 aliphatic heterocycles. The van der Waals surface area contributed by atoms with Gasteiger partial charge >= 0.3 is 0 Å². The van der Waals surface area contributed by atoms with Gasteiger partial charge in [0.1, 0.15) is 0 Å². The summed E-state index contributed by atoms with van der Waals surface area (Å²) in [6.07, 6.45) is 6.33. The average Bonchev–Trinajstić information content (AvgIpc) is 2.60. The molecule has 1 N–H and O–H groups in total. The minimum atomic E-state index is -0.163. The smallest absolute Gasteiger partial charge is 0.245 e. The molecular weight excluding hydrogens is 290 g/mol.